The highest BCUT2D eigenvalue weighted by molar-refractivity contribution is 6.34. The number of benzene rings is 2. The monoisotopic (exact) mass is 382 g/mol. The molecule has 0 saturated heterocycles. The summed E-state index contributed by atoms with van der Waals surface area (Å²) in [6.07, 6.45) is 0. The van der Waals surface area contributed by atoms with Crippen LogP contribution in [0, 0.1) is 0 Å². The summed E-state index contributed by atoms with van der Waals surface area (Å²) < 4.78 is 10.5. The van der Waals surface area contributed by atoms with Gasteiger partial charge in [-0.15, -0.1) is 0 Å². The fourth-order valence-electron chi connectivity index (χ4n) is 2.00. The normalized spacial score (nSPS) is 10.1. The topological polar surface area (TPSA) is 76.7 Å². The fourth-order valence-corrected chi connectivity index (χ4v) is 2.34. The first kappa shape index (κ1) is 18.9. The van der Waals surface area contributed by atoms with Gasteiger partial charge in [0.05, 0.1) is 17.8 Å². The molecule has 0 radical (unpaired) electrons. The van der Waals surface area contributed by atoms with E-state index in [0.717, 1.165) is 0 Å². The van der Waals surface area contributed by atoms with Crippen molar-refractivity contribution >= 4 is 46.4 Å². The van der Waals surface area contributed by atoms with Crippen LogP contribution in [-0.2, 0) is 9.59 Å². The van der Waals surface area contributed by atoms with Gasteiger partial charge in [0.1, 0.15) is 11.5 Å². The molecule has 0 spiro atoms. The number of ether oxygens (including phenoxy) is 2. The number of hydrogen-bond acceptors (Lipinski definition) is 4. The lowest BCUT2D eigenvalue weighted by atomic mass is 10.2. The van der Waals surface area contributed by atoms with Crippen molar-refractivity contribution < 1.29 is 19.1 Å². The summed E-state index contributed by atoms with van der Waals surface area (Å²) in [5, 5.41) is 6.10. The first-order valence-corrected chi connectivity index (χ1v) is 7.98. The Morgan fingerprint density at radius 3 is 2.48 bits per heavy atom. The molecule has 0 aliphatic heterocycles. The van der Waals surface area contributed by atoms with Crippen LogP contribution in [-0.4, -0.2) is 25.5 Å². The number of carbonyl (C=O) groups excluding carboxylic acids is 2. The molecule has 2 rings (SSSR count). The first-order valence-electron chi connectivity index (χ1n) is 7.22. The van der Waals surface area contributed by atoms with E-state index >= 15 is 0 Å². The van der Waals surface area contributed by atoms with E-state index in [0.29, 0.717) is 32.9 Å². The molecule has 2 aromatic carbocycles. The van der Waals surface area contributed by atoms with Gasteiger partial charge >= 0.3 is 0 Å². The Bertz CT molecular complexity index is 796. The lowest BCUT2D eigenvalue weighted by molar-refractivity contribution is -0.118. The van der Waals surface area contributed by atoms with Crippen molar-refractivity contribution in [1.29, 1.82) is 0 Å². The Morgan fingerprint density at radius 1 is 1.04 bits per heavy atom. The molecule has 0 bridgehead atoms. The minimum atomic E-state index is -0.394. The number of carbonyl (C=O) groups is 2. The van der Waals surface area contributed by atoms with Crippen molar-refractivity contribution in [2.24, 2.45) is 0 Å². The summed E-state index contributed by atoms with van der Waals surface area (Å²) in [5.74, 6) is 0.156. The third kappa shape index (κ3) is 5.55. The zero-order valence-corrected chi connectivity index (χ0v) is 15.1. The molecule has 132 valence electrons. The van der Waals surface area contributed by atoms with E-state index in [1.807, 2.05) is 0 Å². The number of methoxy groups -OCH3 is 1. The summed E-state index contributed by atoms with van der Waals surface area (Å²) in [6.45, 7) is 1.13. The Balaban J connectivity index is 2.02. The van der Waals surface area contributed by atoms with E-state index in [1.54, 1.807) is 30.3 Å². The van der Waals surface area contributed by atoms with Crippen molar-refractivity contribution in [2.75, 3.05) is 24.4 Å². The molecular formula is C17H16Cl2N2O4. The summed E-state index contributed by atoms with van der Waals surface area (Å²) in [6, 6.07) is 9.60. The second-order valence-corrected chi connectivity index (χ2v) is 5.85. The molecule has 0 heterocycles. The molecule has 0 aliphatic rings. The molecule has 25 heavy (non-hydrogen) atoms. The first-order chi connectivity index (χ1) is 11.9. The van der Waals surface area contributed by atoms with Crippen molar-refractivity contribution in [2.45, 2.75) is 6.92 Å². The van der Waals surface area contributed by atoms with Crippen molar-refractivity contribution in [3.63, 3.8) is 0 Å². The van der Waals surface area contributed by atoms with Crippen LogP contribution in [0.2, 0.25) is 10.0 Å². The maximum atomic E-state index is 12.0. The average molecular weight is 383 g/mol. The molecular weight excluding hydrogens is 367 g/mol. The number of nitrogens with one attached hydrogen (secondary N) is 2. The zero-order chi connectivity index (χ0) is 18.4. The van der Waals surface area contributed by atoms with E-state index in [1.165, 1.54) is 20.1 Å². The van der Waals surface area contributed by atoms with Crippen LogP contribution < -0.4 is 20.1 Å². The molecule has 6 nitrogen and oxygen atoms in total. The molecule has 0 fully saturated rings. The quantitative estimate of drug-likeness (QED) is 0.791. The van der Waals surface area contributed by atoms with E-state index in [9.17, 15) is 9.59 Å². The van der Waals surface area contributed by atoms with Crippen LogP contribution in [0.3, 0.4) is 0 Å². The van der Waals surface area contributed by atoms with Crippen LogP contribution in [0.4, 0.5) is 11.4 Å². The Hall–Kier alpha value is -2.44. The molecule has 0 aromatic heterocycles. The number of hydrogen-bond donors (Lipinski definition) is 2. The van der Waals surface area contributed by atoms with E-state index < -0.39 is 5.91 Å². The second kappa shape index (κ2) is 8.60. The number of rotatable bonds is 6. The maximum Gasteiger partial charge on any atom is 0.262 e. The van der Waals surface area contributed by atoms with Crippen LogP contribution in [0.5, 0.6) is 11.5 Å². The van der Waals surface area contributed by atoms with E-state index in [2.05, 4.69) is 10.6 Å². The van der Waals surface area contributed by atoms with E-state index in [4.69, 9.17) is 32.7 Å². The molecule has 0 atom stereocenters. The third-order valence-electron chi connectivity index (χ3n) is 3.05. The van der Waals surface area contributed by atoms with Gasteiger partial charge in [0, 0.05) is 23.7 Å². The highest BCUT2D eigenvalue weighted by Crippen LogP contribution is 2.29. The van der Waals surface area contributed by atoms with Gasteiger partial charge in [0.25, 0.3) is 5.91 Å². The highest BCUT2D eigenvalue weighted by Gasteiger charge is 2.10. The fraction of sp³-hybridized carbons (Fsp3) is 0.176. The summed E-state index contributed by atoms with van der Waals surface area (Å²) >= 11 is 11.8. The highest BCUT2D eigenvalue weighted by atomic mass is 35.5. The minimum absolute atomic E-state index is 0.248. The minimum Gasteiger partial charge on any atom is -0.495 e. The predicted octanol–water partition coefficient (Wildman–Crippen LogP) is 3.98. The number of amides is 2. The zero-order valence-electron chi connectivity index (χ0n) is 13.6. The van der Waals surface area contributed by atoms with Gasteiger partial charge in [-0.25, -0.2) is 0 Å². The largest absolute Gasteiger partial charge is 0.495 e. The lowest BCUT2D eigenvalue weighted by Gasteiger charge is -2.12. The summed E-state index contributed by atoms with van der Waals surface area (Å²) in [7, 11) is 1.49. The third-order valence-corrected chi connectivity index (χ3v) is 3.59. The van der Waals surface area contributed by atoms with Crippen LogP contribution in [0.15, 0.2) is 36.4 Å². The van der Waals surface area contributed by atoms with E-state index in [-0.39, 0.29) is 12.5 Å². The standard InChI is InChI=1S/C17H16Cl2N2O4/c1-10(22)20-14-8-12(4-6-15(14)24-2)21-17(23)9-25-16-7-11(18)3-5-13(16)19/h3-8H,9H2,1-2H3,(H,20,22)(H,21,23). The molecule has 8 heteroatoms. The van der Waals surface area contributed by atoms with Crippen LogP contribution in [0.1, 0.15) is 6.92 Å². The lowest BCUT2D eigenvalue weighted by Crippen LogP contribution is -2.20. The molecule has 0 unspecified atom stereocenters. The predicted molar refractivity (Wildman–Crippen MR) is 97.9 cm³/mol. The Kier molecular flexibility index (Phi) is 6.50. The van der Waals surface area contributed by atoms with Gasteiger partial charge in [0.2, 0.25) is 5.91 Å². The summed E-state index contributed by atoms with van der Waals surface area (Å²) in [4.78, 5) is 23.3. The van der Waals surface area contributed by atoms with Gasteiger partial charge in [-0.2, -0.15) is 0 Å². The van der Waals surface area contributed by atoms with Gasteiger partial charge in [-0.1, -0.05) is 23.2 Å². The smallest absolute Gasteiger partial charge is 0.262 e. The van der Waals surface area contributed by atoms with Crippen molar-refractivity contribution in [1.82, 2.24) is 0 Å². The number of anilines is 2. The average Bonchev–Trinajstić information content (AvgIpc) is 2.55. The summed E-state index contributed by atoms with van der Waals surface area (Å²) in [5.41, 5.74) is 0.932. The van der Waals surface area contributed by atoms with Crippen LogP contribution >= 0.6 is 23.2 Å². The Morgan fingerprint density at radius 2 is 1.80 bits per heavy atom. The molecule has 2 aromatic rings. The van der Waals surface area contributed by atoms with Gasteiger partial charge in [0.15, 0.2) is 6.61 Å². The SMILES string of the molecule is COc1ccc(NC(=O)COc2cc(Cl)ccc2Cl)cc1NC(C)=O. The van der Waals surface area contributed by atoms with Gasteiger partial charge in [-0.05, 0) is 30.3 Å². The molecule has 2 amide bonds. The van der Waals surface area contributed by atoms with Crippen molar-refractivity contribution in [3.8, 4) is 11.5 Å². The Labute approximate surface area is 155 Å². The number of halogens is 2. The van der Waals surface area contributed by atoms with Crippen molar-refractivity contribution in [3.05, 3.63) is 46.4 Å². The van der Waals surface area contributed by atoms with Gasteiger partial charge < -0.3 is 20.1 Å². The van der Waals surface area contributed by atoms with Gasteiger partial charge in [-0.3, -0.25) is 9.59 Å². The second-order valence-electron chi connectivity index (χ2n) is 5.01. The molecule has 0 aliphatic carbocycles. The molecule has 2 N–H and O–H groups in total. The maximum absolute atomic E-state index is 12.0. The van der Waals surface area contributed by atoms with Crippen LogP contribution in [0.25, 0.3) is 0 Å². The molecule has 0 saturated carbocycles.